The summed E-state index contributed by atoms with van der Waals surface area (Å²) in [4.78, 5) is 24.7. The second-order valence-electron chi connectivity index (χ2n) is 8.68. The van der Waals surface area contributed by atoms with E-state index in [1.807, 2.05) is 72.8 Å². The Kier molecular flexibility index (Phi) is 6.22. The minimum Gasteiger partial charge on any atom is -0.462 e. The second-order valence-corrected chi connectivity index (χ2v) is 8.68. The number of ether oxygens (including phenoxy) is 3. The third-order valence-corrected chi connectivity index (χ3v) is 6.56. The first kappa shape index (κ1) is 21.4. The van der Waals surface area contributed by atoms with Gasteiger partial charge < -0.3 is 14.2 Å². The van der Waals surface area contributed by atoms with Crippen LogP contribution >= 0.6 is 0 Å². The molecule has 3 aromatic rings. The first-order chi connectivity index (χ1) is 16.2. The summed E-state index contributed by atoms with van der Waals surface area (Å²) in [6.45, 7) is 0.892. The van der Waals surface area contributed by atoms with Crippen molar-refractivity contribution >= 4 is 11.9 Å². The maximum Gasteiger partial charge on any atom is 0.338 e. The molecular formula is C28H26O5. The molecule has 4 atom stereocenters. The van der Waals surface area contributed by atoms with E-state index in [2.05, 4.69) is 0 Å². The van der Waals surface area contributed by atoms with E-state index in [1.165, 1.54) is 0 Å². The van der Waals surface area contributed by atoms with Gasteiger partial charge in [-0.3, -0.25) is 4.79 Å². The molecule has 168 valence electrons. The van der Waals surface area contributed by atoms with E-state index in [-0.39, 0.29) is 36.0 Å². The first-order valence-corrected chi connectivity index (χ1v) is 11.3. The minimum atomic E-state index is -0.362. The van der Waals surface area contributed by atoms with Gasteiger partial charge in [0.25, 0.3) is 0 Å². The molecule has 2 fully saturated rings. The van der Waals surface area contributed by atoms with Crippen molar-refractivity contribution in [2.45, 2.75) is 31.7 Å². The number of hydrogen-bond acceptors (Lipinski definition) is 5. The topological polar surface area (TPSA) is 61.8 Å². The van der Waals surface area contributed by atoms with E-state index >= 15 is 0 Å². The number of hydrogen-bond donors (Lipinski definition) is 0. The fourth-order valence-electron chi connectivity index (χ4n) is 4.85. The molecule has 1 aliphatic carbocycles. The average molecular weight is 443 g/mol. The highest BCUT2D eigenvalue weighted by molar-refractivity contribution is 5.90. The molecule has 0 unspecified atom stereocenters. The van der Waals surface area contributed by atoms with Gasteiger partial charge in [-0.1, -0.05) is 72.8 Å². The quantitative estimate of drug-likeness (QED) is 0.480. The van der Waals surface area contributed by atoms with E-state index < -0.39 is 0 Å². The summed E-state index contributed by atoms with van der Waals surface area (Å²) in [5, 5.41) is 0. The zero-order valence-corrected chi connectivity index (χ0v) is 18.3. The van der Waals surface area contributed by atoms with Crippen molar-refractivity contribution in [2.75, 3.05) is 6.61 Å². The van der Waals surface area contributed by atoms with Gasteiger partial charge in [0.05, 0.1) is 25.2 Å². The maximum absolute atomic E-state index is 12.9. The van der Waals surface area contributed by atoms with Crippen LogP contribution < -0.4 is 0 Å². The lowest BCUT2D eigenvalue weighted by Crippen LogP contribution is -2.29. The number of rotatable bonds is 7. The number of benzene rings is 3. The van der Waals surface area contributed by atoms with Crippen molar-refractivity contribution in [2.24, 2.45) is 11.8 Å². The minimum absolute atomic E-state index is 0.0199. The lowest BCUT2D eigenvalue weighted by atomic mass is 9.93. The molecule has 0 amide bonds. The Balaban J connectivity index is 1.24. The number of carbonyl (C=O) groups excluding carboxylic acids is 2. The molecule has 0 bridgehead atoms. The van der Waals surface area contributed by atoms with Gasteiger partial charge in [0, 0.05) is 18.3 Å². The van der Waals surface area contributed by atoms with E-state index in [4.69, 9.17) is 14.2 Å². The highest BCUT2D eigenvalue weighted by Gasteiger charge is 2.51. The van der Waals surface area contributed by atoms with Crippen LogP contribution in [0, 0.1) is 11.8 Å². The summed E-state index contributed by atoms with van der Waals surface area (Å²) in [7, 11) is 0. The van der Waals surface area contributed by atoms with E-state index in [0.29, 0.717) is 31.6 Å². The van der Waals surface area contributed by atoms with Crippen LogP contribution in [0.2, 0.25) is 0 Å². The van der Waals surface area contributed by atoms with Crippen LogP contribution in [0.5, 0.6) is 0 Å². The molecule has 33 heavy (non-hydrogen) atoms. The van der Waals surface area contributed by atoms with Gasteiger partial charge in [-0.2, -0.15) is 0 Å². The molecule has 0 N–H and O–H groups in total. The van der Waals surface area contributed by atoms with Crippen molar-refractivity contribution in [3.05, 3.63) is 96.1 Å². The Labute approximate surface area is 193 Å². The highest BCUT2D eigenvalue weighted by Crippen LogP contribution is 2.43. The van der Waals surface area contributed by atoms with E-state index in [9.17, 15) is 9.59 Å². The zero-order valence-electron chi connectivity index (χ0n) is 18.3. The summed E-state index contributed by atoms with van der Waals surface area (Å²) >= 11 is 0. The van der Waals surface area contributed by atoms with Gasteiger partial charge in [0.2, 0.25) is 0 Å². The fraction of sp³-hybridized carbons (Fsp3) is 0.286. The van der Waals surface area contributed by atoms with Crippen LogP contribution in [0.25, 0.3) is 11.1 Å². The molecule has 5 nitrogen and oxygen atoms in total. The number of carbonyl (C=O) groups is 2. The van der Waals surface area contributed by atoms with E-state index in [1.54, 1.807) is 12.1 Å². The van der Waals surface area contributed by atoms with Crippen LogP contribution in [-0.2, 0) is 25.6 Å². The zero-order chi connectivity index (χ0) is 22.6. The Hall–Kier alpha value is -3.44. The lowest BCUT2D eigenvalue weighted by Gasteiger charge is -2.23. The largest absolute Gasteiger partial charge is 0.462 e. The Morgan fingerprint density at radius 2 is 1.55 bits per heavy atom. The summed E-state index contributed by atoms with van der Waals surface area (Å²) in [6.07, 6.45) is 0.319. The van der Waals surface area contributed by atoms with Crippen LogP contribution in [0.3, 0.4) is 0 Å². The van der Waals surface area contributed by atoms with E-state index in [0.717, 1.165) is 16.7 Å². The van der Waals surface area contributed by atoms with Gasteiger partial charge in [-0.25, -0.2) is 4.79 Å². The Morgan fingerprint density at radius 3 is 2.27 bits per heavy atom. The first-order valence-electron chi connectivity index (χ1n) is 11.3. The smallest absolute Gasteiger partial charge is 0.338 e. The molecule has 5 rings (SSSR count). The Morgan fingerprint density at radius 1 is 0.879 bits per heavy atom. The van der Waals surface area contributed by atoms with Crippen molar-refractivity contribution in [3.8, 4) is 11.1 Å². The predicted octanol–water partition coefficient (Wildman–Crippen LogP) is 5.05. The third-order valence-electron chi connectivity index (χ3n) is 6.56. The Bertz CT molecular complexity index is 1090. The van der Waals surface area contributed by atoms with Gasteiger partial charge >= 0.3 is 11.9 Å². The monoisotopic (exact) mass is 442 g/mol. The summed E-state index contributed by atoms with van der Waals surface area (Å²) in [5.41, 5.74) is 3.73. The standard InChI is InChI=1S/C28H26O5/c29-27-15-23-24(18-31-17-19-7-3-1-4-8-19)26(16-25(23)32-27)33-28(30)22-13-11-21(12-14-22)20-9-5-2-6-10-20/h1-14,23-26H,15-18H2/t23-,24-,25+,26-/m0/s1. The highest BCUT2D eigenvalue weighted by atomic mass is 16.6. The van der Waals surface area contributed by atoms with Gasteiger partial charge in [-0.05, 0) is 28.8 Å². The normalized spacial score (nSPS) is 23.7. The molecule has 3 aromatic carbocycles. The number of fused-ring (bicyclic) bond motifs is 1. The molecule has 0 spiro atoms. The van der Waals surface area contributed by atoms with Crippen LogP contribution in [0.1, 0.15) is 28.8 Å². The molecule has 0 aromatic heterocycles. The molecular weight excluding hydrogens is 416 g/mol. The lowest BCUT2D eigenvalue weighted by molar-refractivity contribution is -0.141. The molecule has 0 radical (unpaired) electrons. The third kappa shape index (κ3) is 4.83. The summed E-state index contributed by atoms with van der Waals surface area (Å²) < 4.78 is 17.4. The van der Waals surface area contributed by atoms with Crippen molar-refractivity contribution in [1.82, 2.24) is 0 Å². The van der Waals surface area contributed by atoms with Crippen molar-refractivity contribution < 1.29 is 23.8 Å². The SMILES string of the molecule is O=C1C[C@H]2[C@H](COCc3ccccc3)[C@@H](OC(=O)c3ccc(-c4ccccc4)cc3)C[C@H]2O1. The average Bonchev–Trinajstić information content (AvgIpc) is 3.36. The van der Waals surface area contributed by atoms with Crippen LogP contribution in [0.4, 0.5) is 0 Å². The summed E-state index contributed by atoms with van der Waals surface area (Å²) in [5.74, 6) is -0.595. The molecule has 1 saturated carbocycles. The molecule has 1 aliphatic heterocycles. The second kappa shape index (κ2) is 9.59. The number of esters is 2. The molecule has 1 heterocycles. The molecule has 5 heteroatoms. The molecule has 2 aliphatic rings. The van der Waals surface area contributed by atoms with Gasteiger partial charge in [0.15, 0.2) is 0 Å². The van der Waals surface area contributed by atoms with Gasteiger partial charge in [-0.15, -0.1) is 0 Å². The predicted molar refractivity (Wildman–Crippen MR) is 123 cm³/mol. The van der Waals surface area contributed by atoms with Crippen LogP contribution in [-0.4, -0.2) is 30.8 Å². The summed E-state index contributed by atoms with van der Waals surface area (Å²) in [6, 6.07) is 27.4. The van der Waals surface area contributed by atoms with Crippen molar-refractivity contribution in [1.29, 1.82) is 0 Å². The fourth-order valence-corrected chi connectivity index (χ4v) is 4.85. The van der Waals surface area contributed by atoms with Gasteiger partial charge in [0.1, 0.15) is 12.2 Å². The molecule has 1 saturated heterocycles. The van der Waals surface area contributed by atoms with Crippen molar-refractivity contribution in [3.63, 3.8) is 0 Å². The van der Waals surface area contributed by atoms with Crippen LogP contribution in [0.15, 0.2) is 84.9 Å². The maximum atomic E-state index is 12.9.